The van der Waals surface area contributed by atoms with E-state index in [1.165, 1.54) is 26.2 Å². The molecule has 6 nitrogen and oxygen atoms in total. The summed E-state index contributed by atoms with van der Waals surface area (Å²) in [5.74, 6) is -1.05. The maximum Gasteiger partial charge on any atom is 0.357 e. The monoisotopic (exact) mass is 329 g/mol. The molecule has 0 radical (unpaired) electrons. The Morgan fingerprint density at radius 2 is 2.16 bits per heavy atom. The third-order valence-electron chi connectivity index (χ3n) is 1.94. The molecule has 1 rings (SSSR count). The number of halogens is 3. The van der Waals surface area contributed by atoms with E-state index in [-0.39, 0.29) is 10.8 Å². The Morgan fingerprint density at radius 1 is 1.53 bits per heavy atom. The van der Waals surface area contributed by atoms with Crippen molar-refractivity contribution in [1.29, 1.82) is 0 Å². The van der Waals surface area contributed by atoms with Gasteiger partial charge in [0.25, 0.3) is 0 Å². The number of nitrogens with zero attached hydrogens (tertiary/aromatic N) is 3. The SMILES string of the molecule is CO/C=C(\C(=O)OC)N(C)c1nc(C(F)(Cl)Cl)ns1. The van der Waals surface area contributed by atoms with Crippen LogP contribution in [0, 0.1) is 0 Å². The molecule has 0 spiro atoms. The molecule has 19 heavy (non-hydrogen) atoms. The molecule has 0 aromatic carbocycles. The highest BCUT2D eigenvalue weighted by atomic mass is 35.5. The fourth-order valence-corrected chi connectivity index (χ4v) is 2.00. The predicted octanol–water partition coefficient (Wildman–Crippen LogP) is 2.19. The van der Waals surface area contributed by atoms with E-state index >= 15 is 0 Å². The van der Waals surface area contributed by atoms with Crippen LogP contribution in [0.2, 0.25) is 0 Å². The van der Waals surface area contributed by atoms with Crippen LogP contribution < -0.4 is 4.90 Å². The van der Waals surface area contributed by atoms with Crippen LogP contribution in [0.15, 0.2) is 12.0 Å². The summed E-state index contributed by atoms with van der Waals surface area (Å²) >= 11 is 11.3. The van der Waals surface area contributed by atoms with Gasteiger partial charge >= 0.3 is 10.6 Å². The summed E-state index contributed by atoms with van der Waals surface area (Å²) in [6.07, 6.45) is 1.16. The van der Waals surface area contributed by atoms with E-state index in [0.717, 1.165) is 17.8 Å². The van der Waals surface area contributed by atoms with Crippen molar-refractivity contribution in [1.82, 2.24) is 9.36 Å². The summed E-state index contributed by atoms with van der Waals surface area (Å²) in [7, 11) is 4.09. The first-order chi connectivity index (χ1) is 8.81. The van der Waals surface area contributed by atoms with Crippen LogP contribution in [0.5, 0.6) is 0 Å². The normalized spacial score (nSPS) is 12.2. The van der Waals surface area contributed by atoms with Gasteiger partial charge in [0.15, 0.2) is 5.70 Å². The Labute approximate surface area is 122 Å². The number of likely N-dealkylation sites (N-methyl/N-ethyl adjacent to an activating group) is 1. The number of ether oxygens (including phenoxy) is 2. The van der Waals surface area contributed by atoms with E-state index in [1.54, 1.807) is 0 Å². The second-order valence-corrected chi connectivity index (χ2v) is 5.15. The molecule has 0 fully saturated rings. The van der Waals surface area contributed by atoms with E-state index in [4.69, 9.17) is 27.9 Å². The molecule has 0 saturated heterocycles. The lowest BCUT2D eigenvalue weighted by Gasteiger charge is -2.16. The Morgan fingerprint density at radius 3 is 2.58 bits per heavy atom. The molecule has 0 N–H and O–H groups in total. The predicted molar refractivity (Wildman–Crippen MR) is 69.9 cm³/mol. The number of hydrogen-bond acceptors (Lipinski definition) is 7. The number of methoxy groups -OCH3 is 2. The van der Waals surface area contributed by atoms with Crippen molar-refractivity contribution in [2.75, 3.05) is 26.2 Å². The van der Waals surface area contributed by atoms with Crippen LogP contribution in [0.4, 0.5) is 9.52 Å². The standard InChI is InChI=1S/C9H10Cl2FN3O3S/c1-15(5(4-17-2)6(16)18-3)8-13-7(14-19-8)9(10,11)12/h4H,1-3H3/b5-4+. The maximum absolute atomic E-state index is 13.2. The van der Waals surface area contributed by atoms with Crippen molar-refractivity contribution in [3.63, 3.8) is 0 Å². The van der Waals surface area contributed by atoms with Crippen molar-refractivity contribution >= 4 is 45.8 Å². The third kappa shape index (κ3) is 3.92. The lowest BCUT2D eigenvalue weighted by molar-refractivity contribution is -0.136. The molecule has 0 atom stereocenters. The summed E-state index contributed by atoms with van der Waals surface area (Å²) in [4.78, 5) is 16.6. The molecule has 1 aromatic rings. The van der Waals surface area contributed by atoms with Crippen molar-refractivity contribution in [3.05, 3.63) is 17.8 Å². The second kappa shape index (κ2) is 6.36. The highest BCUT2D eigenvalue weighted by Gasteiger charge is 2.32. The number of carbonyl (C=O) groups is 1. The van der Waals surface area contributed by atoms with Gasteiger partial charge in [0.2, 0.25) is 11.0 Å². The molecule has 0 amide bonds. The number of esters is 1. The van der Waals surface area contributed by atoms with Gasteiger partial charge in [-0.2, -0.15) is 13.7 Å². The second-order valence-electron chi connectivity index (χ2n) is 3.19. The fraction of sp³-hybridized carbons (Fsp3) is 0.444. The van der Waals surface area contributed by atoms with Crippen molar-refractivity contribution in [2.45, 2.75) is 4.59 Å². The summed E-state index contributed by atoms with van der Waals surface area (Å²) in [5.41, 5.74) is 0.0568. The van der Waals surface area contributed by atoms with Crippen LogP contribution in [0.1, 0.15) is 5.82 Å². The zero-order valence-corrected chi connectivity index (χ0v) is 12.5. The van der Waals surface area contributed by atoms with Crippen LogP contribution in [-0.4, -0.2) is 36.6 Å². The van der Waals surface area contributed by atoms with E-state index in [1.807, 2.05) is 0 Å². The number of carbonyl (C=O) groups excluding carboxylic acids is 1. The molecule has 0 saturated carbocycles. The van der Waals surface area contributed by atoms with Gasteiger partial charge in [0, 0.05) is 18.6 Å². The average Bonchev–Trinajstić information content (AvgIpc) is 2.83. The Balaban J connectivity index is 3.04. The van der Waals surface area contributed by atoms with Gasteiger partial charge < -0.3 is 14.4 Å². The van der Waals surface area contributed by atoms with E-state index in [2.05, 4.69) is 14.1 Å². The molecular formula is C9H10Cl2FN3O3S. The van der Waals surface area contributed by atoms with Gasteiger partial charge in [0.1, 0.15) is 6.26 Å². The molecule has 1 aromatic heterocycles. The van der Waals surface area contributed by atoms with Crippen LogP contribution in [-0.2, 0) is 18.9 Å². The fourth-order valence-electron chi connectivity index (χ4n) is 1.05. The molecule has 106 valence electrons. The first-order valence-corrected chi connectivity index (χ1v) is 6.30. The smallest absolute Gasteiger partial charge is 0.357 e. The van der Waals surface area contributed by atoms with Gasteiger partial charge in [-0.05, 0) is 0 Å². The summed E-state index contributed by atoms with van der Waals surface area (Å²) < 4.78 is 23.6. The number of alkyl halides is 3. The third-order valence-corrected chi connectivity index (χ3v) is 3.07. The topological polar surface area (TPSA) is 64.6 Å². The Kier molecular flexibility index (Phi) is 5.33. The molecule has 0 aliphatic carbocycles. The highest BCUT2D eigenvalue weighted by Crippen LogP contribution is 2.35. The largest absolute Gasteiger partial charge is 0.502 e. The highest BCUT2D eigenvalue weighted by molar-refractivity contribution is 7.09. The van der Waals surface area contributed by atoms with Gasteiger partial charge in [-0.15, -0.1) is 0 Å². The lowest BCUT2D eigenvalue weighted by atomic mass is 10.4. The van der Waals surface area contributed by atoms with Gasteiger partial charge in [-0.25, -0.2) is 4.79 Å². The number of aromatic nitrogens is 2. The maximum atomic E-state index is 13.2. The molecule has 10 heteroatoms. The van der Waals surface area contributed by atoms with Gasteiger partial charge in [0.05, 0.1) is 14.2 Å². The summed E-state index contributed by atoms with van der Waals surface area (Å²) in [6.45, 7) is 0. The first kappa shape index (κ1) is 15.9. The minimum atomic E-state index is -2.69. The van der Waals surface area contributed by atoms with E-state index in [0.29, 0.717) is 0 Å². The number of hydrogen-bond donors (Lipinski definition) is 0. The van der Waals surface area contributed by atoms with Crippen molar-refractivity contribution in [3.8, 4) is 0 Å². The average molecular weight is 330 g/mol. The minimum absolute atomic E-state index is 0.0568. The zero-order chi connectivity index (χ0) is 14.6. The van der Waals surface area contributed by atoms with Crippen molar-refractivity contribution < 1.29 is 18.7 Å². The van der Waals surface area contributed by atoms with Crippen LogP contribution in [0.3, 0.4) is 0 Å². The molecule has 0 unspecified atom stereocenters. The molecule has 0 aliphatic heterocycles. The number of rotatable bonds is 5. The minimum Gasteiger partial charge on any atom is -0.502 e. The number of anilines is 1. The van der Waals surface area contributed by atoms with Gasteiger partial charge in [-0.3, -0.25) is 0 Å². The molecule has 1 heterocycles. The summed E-state index contributed by atoms with van der Waals surface area (Å²) in [5, 5.41) is 0.201. The van der Waals surface area contributed by atoms with Crippen molar-refractivity contribution in [2.24, 2.45) is 0 Å². The van der Waals surface area contributed by atoms with E-state index < -0.39 is 16.4 Å². The van der Waals surface area contributed by atoms with Crippen LogP contribution in [0.25, 0.3) is 0 Å². The Hall–Kier alpha value is -1.12. The van der Waals surface area contributed by atoms with Crippen LogP contribution >= 0.6 is 34.7 Å². The molecular weight excluding hydrogens is 320 g/mol. The molecule has 0 aliphatic rings. The lowest BCUT2D eigenvalue weighted by Crippen LogP contribution is -2.24. The Bertz CT molecular complexity index is 489. The summed E-state index contributed by atoms with van der Waals surface area (Å²) in [6, 6.07) is 0. The quantitative estimate of drug-likeness (QED) is 0.357. The first-order valence-electron chi connectivity index (χ1n) is 4.77. The van der Waals surface area contributed by atoms with Gasteiger partial charge in [-0.1, -0.05) is 23.2 Å². The van der Waals surface area contributed by atoms with E-state index in [9.17, 15) is 9.18 Å². The molecule has 0 bridgehead atoms. The zero-order valence-electron chi connectivity index (χ0n) is 10.2.